The number of rotatable bonds is 9. The summed E-state index contributed by atoms with van der Waals surface area (Å²) in [5, 5.41) is 0. The van der Waals surface area contributed by atoms with Gasteiger partial charge in [0.25, 0.3) is 0 Å². The van der Waals surface area contributed by atoms with Crippen LogP contribution in [0.2, 0.25) is 0 Å². The summed E-state index contributed by atoms with van der Waals surface area (Å²) in [6.45, 7) is 21.2. The molecule has 0 atom stereocenters. The Labute approximate surface area is 134 Å². The van der Waals surface area contributed by atoms with Crippen LogP contribution in [-0.4, -0.2) is 38.1 Å². The van der Waals surface area contributed by atoms with Crippen LogP contribution < -0.4 is 0 Å². The second-order valence-electron chi connectivity index (χ2n) is 5.70. The van der Waals surface area contributed by atoms with E-state index in [0.29, 0.717) is 18.3 Å². The van der Waals surface area contributed by atoms with Crippen molar-refractivity contribution in [3.05, 3.63) is 0 Å². The zero-order valence-corrected chi connectivity index (χ0v) is 16.2. The van der Waals surface area contributed by atoms with Gasteiger partial charge in [-0.15, -0.1) is 0 Å². The van der Waals surface area contributed by atoms with Crippen LogP contribution in [0.1, 0.15) is 81.6 Å². The van der Waals surface area contributed by atoms with Crippen LogP contribution in [0.15, 0.2) is 0 Å². The predicted octanol–water partition coefficient (Wildman–Crippen LogP) is 5.46. The third kappa shape index (κ3) is 45.0. The van der Waals surface area contributed by atoms with Gasteiger partial charge in [-0.1, -0.05) is 20.3 Å². The van der Waals surface area contributed by atoms with Crippen molar-refractivity contribution in [1.29, 1.82) is 0 Å². The van der Waals surface area contributed by atoms with Crippen LogP contribution in [0, 0.1) is 0 Å². The Balaban J connectivity index is -0.000000234. The van der Waals surface area contributed by atoms with E-state index in [1.165, 1.54) is 12.8 Å². The fraction of sp³-hybridized carbons (Fsp3) is 1.00. The van der Waals surface area contributed by atoms with Gasteiger partial charge in [0.05, 0.1) is 18.3 Å². The van der Waals surface area contributed by atoms with Gasteiger partial charge >= 0.3 is 0 Å². The highest BCUT2D eigenvalue weighted by molar-refractivity contribution is 4.36. The van der Waals surface area contributed by atoms with E-state index in [0.717, 1.165) is 26.2 Å². The summed E-state index contributed by atoms with van der Waals surface area (Å²) in [7, 11) is 0. The molecule has 3 heteroatoms. The largest absolute Gasteiger partial charge is 0.379 e. The van der Waals surface area contributed by atoms with Crippen LogP contribution in [0.25, 0.3) is 0 Å². The SMILES string of the molecule is CCCCOC(C)C.CCCOC(C)C.CCOC(C)C. The van der Waals surface area contributed by atoms with E-state index in [4.69, 9.17) is 14.2 Å². The highest BCUT2D eigenvalue weighted by atomic mass is 16.5. The van der Waals surface area contributed by atoms with Gasteiger partial charge in [-0.25, -0.2) is 0 Å². The standard InChI is InChI=1S/C7H16O.C6H14O.C5H12O/c1-4-5-6-8-7(2)3;1-4-5-7-6(2)3;1-4-6-5(2)3/h7H,4-6H2,1-3H3;6H,4-5H2,1-3H3;5H,4H2,1-3H3. The molecular formula is C18H42O3. The second-order valence-corrected chi connectivity index (χ2v) is 5.70. The van der Waals surface area contributed by atoms with Gasteiger partial charge < -0.3 is 14.2 Å². The van der Waals surface area contributed by atoms with Crippen molar-refractivity contribution in [3.63, 3.8) is 0 Å². The summed E-state index contributed by atoms with van der Waals surface area (Å²) in [4.78, 5) is 0. The van der Waals surface area contributed by atoms with Crippen LogP contribution in [0.5, 0.6) is 0 Å². The molecule has 0 aliphatic heterocycles. The zero-order valence-electron chi connectivity index (χ0n) is 16.2. The first-order valence-corrected chi connectivity index (χ1v) is 8.66. The highest BCUT2D eigenvalue weighted by Crippen LogP contribution is 1.92. The molecule has 0 aliphatic carbocycles. The molecule has 0 heterocycles. The van der Waals surface area contributed by atoms with Crippen LogP contribution in [0.3, 0.4) is 0 Å². The fourth-order valence-electron chi connectivity index (χ4n) is 1.15. The molecule has 0 fully saturated rings. The minimum absolute atomic E-state index is 0.398. The molecule has 0 N–H and O–H groups in total. The first-order chi connectivity index (χ1) is 9.81. The molecule has 132 valence electrons. The number of unbranched alkanes of at least 4 members (excludes halogenated alkanes) is 1. The van der Waals surface area contributed by atoms with Gasteiger partial charge in [-0.3, -0.25) is 0 Å². The molecule has 0 aliphatic rings. The van der Waals surface area contributed by atoms with Crippen molar-refractivity contribution in [1.82, 2.24) is 0 Å². The molecule has 0 aromatic rings. The van der Waals surface area contributed by atoms with Crippen LogP contribution in [-0.2, 0) is 14.2 Å². The third-order valence-electron chi connectivity index (χ3n) is 2.10. The number of hydrogen-bond acceptors (Lipinski definition) is 3. The molecule has 0 aromatic carbocycles. The highest BCUT2D eigenvalue weighted by Gasteiger charge is 1.89. The van der Waals surface area contributed by atoms with E-state index < -0.39 is 0 Å². The molecule has 0 radical (unpaired) electrons. The lowest BCUT2D eigenvalue weighted by atomic mass is 10.3. The molecule has 0 rings (SSSR count). The van der Waals surface area contributed by atoms with Gasteiger partial charge in [0.1, 0.15) is 0 Å². The molecule has 0 aromatic heterocycles. The summed E-state index contributed by atoms with van der Waals surface area (Å²) < 4.78 is 15.5. The van der Waals surface area contributed by atoms with Gasteiger partial charge in [-0.05, 0) is 61.3 Å². The zero-order chi connectivity index (χ0) is 17.1. The first-order valence-electron chi connectivity index (χ1n) is 8.66. The summed E-state index contributed by atoms with van der Waals surface area (Å²) in [6.07, 6.45) is 4.75. The van der Waals surface area contributed by atoms with E-state index in [1.54, 1.807) is 0 Å². The quantitative estimate of drug-likeness (QED) is 0.529. The predicted molar refractivity (Wildman–Crippen MR) is 94.1 cm³/mol. The van der Waals surface area contributed by atoms with Gasteiger partial charge in [0, 0.05) is 19.8 Å². The maximum Gasteiger partial charge on any atom is 0.0518 e. The minimum atomic E-state index is 0.398. The van der Waals surface area contributed by atoms with Crippen LogP contribution >= 0.6 is 0 Å². The summed E-state index contributed by atoms with van der Waals surface area (Å²) in [5.41, 5.74) is 0. The lowest BCUT2D eigenvalue weighted by Crippen LogP contribution is -2.02. The Morgan fingerprint density at radius 2 is 1.00 bits per heavy atom. The number of ether oxygens (including phenoxy) is 3. The Morgan fingerprint density at radius 1 is 0.571 bits per heavy atom. The van der Waals surface area contributed by atoms with Crippen molar-refractivity contribution in [2.75, 3.05) is 19.8 Å². The molecule has 21 heavy (non-hydrogen) atoms. The first kappa shape index (κ1) is 25.8. The monoisotopic (exact) mass is 306 g/mol. The molecule has 0 bridgehead atoms. The minimum Gasteiger partial charge on any atom is -0.379 e. The van der Waals surface area contributed by atoms with Crippen molar-refractivity contribution in [2.45, 2.75) is 99.9 Å². The summed E-state index contributed by atoms with van der Waals surface area (Å²) >= 11 is 0. The molecule has 0 saturated carbocycles. The molecule has 0 unspecified atom stereocenters. The van der Waals surface area contributed by atoms with E-state index in [2.05, 4.69) is 41.5 Å². The van der Waals surface area contributed by atoms with Crippen molar-refractivity contribution < 1.29 is 14.2 Å². The van der Waals surface area contributed by atoms with Gasteiger partial charge in [0.2, 0.25) is 0 Å². The van der Waals surface area contributed by atoms with Crippen molar-refractivity contribution in [2.24, 2.45) is 0 Å². The normalized spacial score (nSPS) is 10.3. The van der Waals surface area contributed by atoms with Gasteiger partial charge in [0.15, 0.2) is 0 Å². The lowest BCUT2D eigenvalue weighted by Gasteiger charge is -2.04. The number of hydrogen-bond donors (Lipinski definition) is 0. The van der Waals surface area contributed by atoms with Crippen LogP contribution in [0.4, 0.5) is 0 Å². The Kier molecular flexibility index (Phi) is 27.2. The average molecular weight is 307 g/mol. The summed E-state index contributed by atoms with van der Waals surface area (Å²) in [5.74, 6) is 0. The van der Waals surface area contributed by atoms with E-state index >= 15 is 0 Å². The smallest absolute Gasteiger partial charge is 0.0518 e. The molecule has 0 amide bonds. The van der Waals surface area contributed by atoms with E-state index in [1.807, 2.05) is 20.8 Å². The summed E-state index contributed by atoms with van der Waals surface area (Å²) in [6, 6.07) is 0. The maximum atomic E-state index is 5.28. The average Bonchev–Trinajstić information content (AvgIpc) is 2.37. The van der Waals surface area contributed by atoms with Crippen molar-refractivity contribution in [3.8, 4) is 0 Å². The van der Waals surface area contributed by atoms with E-state index in [9.17, 15) is 0 Å². The van der Waals surface area contributed by atoms with Crippen molar-refractivity contribution >= 4 is 0 Å². The lowest BCUT2D eigenvalue weighted by molar-refractivity contribution is 0.0767. The second kappa shape index (κ2) is 22.2. The molecule has 3 nitrogen and oxygen atoms in total. The molecule has 0 saturated heterocycles. The Morgan fingerprint density at radius 3 is 1.19 bits per heavy atom. The molecule has 0 spiro atoms. The van der Waals surface area contributed by atoms with E-state index in [-0.39, 0.29) is 0 Å². The Bertz CT molecular complexity index is 157. The topological polar surface area (TPSA) is 27.7 Å². The third-order valence-corrected chi connectivity index (χ3v) is 2.10. The van der Waals surface area contributed by atoms with Gasteiger partial charge in [-0.2, -0.15) is 0 Å². The fourth-order valence-corrected chi connectivity index (χ4v) is 1.15. The maximum absolute atomic E-state index is 5.28. The molecular weight excluding hydrogens is 264 g/mol. The Hall–Kier alpha value is -0.120.